The van der Waals surface area contributed by atoms with Crippen LogP contribution in [0.4, 0.5) is 26.3 Å². The van der Waals surface area contributed by atoms with Gasteiger partial charge in [-0.15, -0.1) is 0 Å². The summed E-state index contributed by atoms with van der Waals surface area (Å²) < 4.78 is 84.6. The summed E-state index contributed by atoms with van der Waals surface area (Å²) in [6.07, 6.45) is -12.5. The van der Waals surface area contributed by atoms with Crippen LogP contribution < -0.4 is 5.32 Å². The molecule has 1 atom stereocenters. The SMILES string of the molecule is CCOCN1C(C(F)(F)F)=C(c2ccc(Cl)cc2)NC1C(F)(F)F. The van der Waals surface area contributed by atoms with Crippen LogP contribution in [0.5, 0.6) is 0 Å². The van der Waals surface area contributed by atoms with Crippen molar-refractivity contribution in [3.8, 4) is 0 Å². The molecule has 0 spiro atoms. The van der Waals surface area contributed by atoms with Crippen LogP contribution >= 0.6 is 11.6 Å². The minimum absolute atomic E-state index is 0.0253. The molecule has 1 aliphatic rings. The third-order valence-electron chi connectivity index (χ3n) is 3.26. The Labute approximate surface area is 138 Å². The third-order valence-corrected chi connectivity index (χ3v) is 3.51. The lowest BCUT2D eigenvalue weighted by Gasteiger charge is -2.30. The smallest absolute Gasteiger partial charge is 0.361 e. The van der Waals surface area contributed by atoms with E-state index in [4.69, 9.17) is 16.3 Å². The van der Waals surface area contributed by atoms with Gasteiger partial charge in [-0.05, 0) is 24.6 Å². The molecule has 1 unspecified atom stereocenters. The highest BCUT2D eigenvalue weighted by Crippen LogP contribution is 2.42. The van der Waals surface area contributed by atoms with Crippen LogP contribution in [0.1, 0.15) is 12.5 Å². The van der Waals surface area contributed by atoms with E-state index in [9.17, 15) is 26.3 Å². The van der Waals surface area contributed by atoms with E-state index in [1.54, 1.807) is 0 Å². The van der Waals surface area contributed by atoms with Crippen LogP contribution in [0.2, 0.25) is 5.02 Å². The van der Waals surface area contributed by atoms with E-state index in [-0.39, 0.29) is 22.1 Å². The van der Waals surface area contributed by atoms with E-state index < -0.39 is 36.6 Å². The zero-order chi connectivity index (χ0) is 18.1. The van der Waals surface area contributed by atoms with Gasteiger partial charge in [0, 0.05) is 11.6 Å². The fourth-order valence-corrected chi connectivity index (χ4v) is 2.41. The lowest BCUT2D eigenvalue weighted by Crippen LogP contribution is -2.50. The van der Waals surface area contributed by atoms with Gasteiger partial charge in [0.15, 0.2) is 6.17 Å². The predicted molar refractivity (Wildman–Crippen MR) is 75.7 cm³/mol. The topological polar surface area (TPSA) is 24.5 Å². The van der Waals surface area contributed by atoms with E-state index >= 15 is 0 Å². The summed E-state index contributed by atoms with van der Waals surface area (Å²) in [4.78, 5) is 0.132. The summed E-state index contributed by atoms with van der Waals surface area (Å²) in [5, 5.41) is 2.17. The number of halogens is 7. The van der Waals surface area contributed by atoms with Gasteiger partial charge in [0.2, 0.25) is 0 Å². The molecule has 0 saturated heterocycles. The van der Waals surface area contributed by atoms with Crippen molar-refractivity contribution in [1.29, 1.82) is 0 Å². The quantitative estimate of drug-likeness (QED) is 0.793. The molecular formula is C14H13ClF6N2O. The molecule has 1 N–H and O–H groups in total. The Balaban J connectivity index is 2.54. The van der Waals surface area contributed by atoms with E-state index in [0.29, 0.717) is 0 Å². The summed E-state index contributed by atoms with van der Waals surface area (Å²) in [5.74, 6) is 0. The molecule has 3 nitrogen and oxygen atoms in total. The van der Waals surface area contributed by atoms with E-state index in [1.165, 1.54) is 31.2 Å². The Bertz CT molecular complexity index is 611. The Hall–Kier alpha value is -1.61. The molecule has 134 valence electrons. The number of allylic oxidation sites excluding steroid dienone is 1. The van der Waals surface area contributed by atoms with E-state index in [0.717, 1.165) is 0 Å². The fraction of sp³-hybridized carbons (Fsp3) is 0.429. The first-order valence-corrected chi connectivity index (χ1v) is 7.18. The molecule has 10 heteroatoms. The van der Waals surface area contributed by atoms with Crippen molar-refractivity contribution in [3.63, 3.8) is 0 Å². The van der Waals surface area contributed by atoms with Crippen LogP contribution in [0.3, 0.4) is 0 Å². The Morgan fingerprint density at radius 2 is 1.71 bits per heavy atom. The van der Waals surface area contributed by atoms with E-state index in [1.807, 2.05) is 5.32 Å². The molecular weight excluding hydrogens is 362 g/mol. The van der Waals surface area contributed by atoms with Crippen molar-refractivity contribution in [2.24, 2.45) is 0 Å². The van der Waals surface area contributed by atoms with Crippen molar-refractivity contribution in [1.82, 2.24) is 10.2 Å². The summed E-state index contributed by atoms with van der Waals surface area (Å²) in [5.41, 5.74) is -2.15. The van der Waals surface area contributed by atoms with Gasteiger partial charge in [0.25, 0.3) is 0 Å². The Kier molecular flexibility index (Phi) is 5.24. The lowest BCUT2D eigenvalue weighted by molar-refractivity contribution is -0.201. The van der Waals surface area contributed by atoms with E-state index in [2.05, 4.69) is 0 Å². The molecule has 1 aliphatic heterocycles. The number of rotatable bonds is 4. The summed E-state index contributed by atoms with van der Waals surface area (Å²) >= 11 is 5.67. The molecule has 0 radical (unpaired) electrons. The largest absolute Gasteiger partial charge is 0.433 e. The van der Waals surface area contributed by atoms with Crippen LogP contribution in [0.25, 0.3) is 5.70 Å². The minimum atomic E-state index is -5.00. The predicted octanol–water partition coefficient (Wildman–Crippen LogP) is 4.36. The number of hydrogen-bond acceptors (Lipinski definition) is 3. The first kappa shape index (κ1) is 18.7. The van der Waals surface area contributed by atoms with Gasteiger partial charge in [-0.2, -0.15) is 26.3 Å². The molecule has 1 heterocycles. The molecule has 2 rings (SSSR count). The van der Waals surface area contributed by atoms with Gasteiger partial charge in [0.05, 0.1) is 5.70 Å². The second-order valence-electron chi connectivity index (χ2n) is 4.91. The average molecular weight is 375 g/mol. The fourth-order valence-electron chi connectivity index (χ4n) is 2.28. The van der Waals surface area contributed by atoms with Gasteiger partial charge in [-0.1, -0.05) is 23.7 Å². The molecule has 24 heavy (non-hydrogen) atoms. The molecule has 0 amide bonds. The number of nitrogens with zero attached hydrogens (tertiary/aromatic N) is 1. The van der Waals surface area contributed by atoms with Crippen molar-refractivity contribution in [2.75, 3.05) is 13.3 Å². The van der Waals surface area contributed by atoms with Crippen LogP contribution in [0, 0.1) is 0 Å². The monoisotopic (exact) mass is 374 g/mol. The second-order valence-corrected chi connectivity index (χ2v) is 5.34. The van der Waals surface area contributed by atoms with Crippen molar-refractivity contribution in [3.05, 3.63) is 40.5 Å². The summed E-state index contributed by atoms with van der Waals surface area (Å²) in [6, 6.07) is 5.03. The first-order chi connectivity index (χ1) is 11.1. The van der Waals surface area contributed by atoms with Crippen LogP contribution in [0.15, 0.2) is 30.0 Å². The number of nitrogens with one attached hydrogen (secondary N) is 1. The van der Waals surface area contributed by atoms with Crippen molar-refractivity contribution >= 4 is 17.3 Å². The molecule has 1 aromatic rings. The maximum atomic E-state index is 13.4. The summed E-state index contributed by atoms with van der Waals surface area (Å²) in [6.45, 7) is 0.602. The maximum absolute atomic E-state index is 13.4. The molecule has 0 bridgehead atoms. The number of alkyl halides is 6. The number of hydrogen-bond donors (Lipinski definition) is 1. The molecule has 1 aromatic carbocycles. The zero-order valence-corrected chi connectivity index (χ0v) is 13.1. The van der Waals surface area contributed by atoms with Crippen LogP contribution in [-0.2, 0) is 4.74 Å². The highest BCUT2D eigenvalue weighted by atomic mass is 35.5. The van der Waals surface area contributed by atoms with Gasteiger partial charge in [-0.3, -0.25) is 0 Å². The number of ether oxygens (including phenoxy) is 1. The lowest BCUT2D eigenvalue weighted by atomic mass is 10.1. The zero-order valence-electron chi connectivity index (χ0n) is 12.3. The maximum Gasteiger partial charge on any atom is 0.433 e. The molecule has 0 aliphatic carbocycles. The van der Waals surface area contributed by atoms with Gasteiger partial charge >= 0.3 is 12.4 Å². The molecule has 0 fully saturated rings. The highest BCUT2D eigenvalue weighted by molar-refractivity contribution is 6.30. The first-order valence-electron chi connectivity index (χ1n) is 6.80. The normalized spacial score (nSPS) is 19.0. The third kappa shape index (κ3) is 3.89. The summed E-state index contributed by atoms with van der Waals surface area (Å²) in [7, 11) is 0. The molecule has 0 aromatic heterocycles. The van der Waals surface area contributed by atoms with Crippen LogP contribution in [-0.4, -0.2) is 36.8 Å². The van der Waals surface area contributed by atoms with Gasteiger partial charge in [-0.25, -0.2) is 0 Å². The minimum Gasteiger partial charge on any atom is -0.361 e. The average Bonchev–Trinajstić information content (AvgIpc) is 2.85. The van der Waals surface area contributed by atoms with Crippen molar-refractivity contribution < 1.29 is 31.1 Å². The van der Waals surface area contributed by atoms with Crippen molar-refractivity contribution in [2.45, 2.75) is 25.4 Å². The van der Waals surface area contributed by atoms with Gasteiger partial charge < -0.3 is 15.0 Å². The highest BCUT2D eigenvalue weighted by Gasteiger charge is 2.55. The second kappa shape index (κ2) is 6.72. The Morgan fingerprint density at radius 1 is 1.12 bits per heavy atom. The standard InChI is InChI=1S/C14H13ClF6N2O/c1-2-24-7-23-11(13(16,17)18)10(22-12(23)14(19,20)21)8-3-5-9(15)6-4-8/h3-6,12,22H,2,7H2,1H3. The molecule has 0 saturated carbocycles. The number of benzene rings is 1. The van der Waals surface area contributed by atoms with Gasteiger partial charge in [0.1, 0.15) is 12.4 Å². The Morgan fingerprint density at radius 3 is 2.17 bits per heavy atom.